The lowest BCUT2D eigenvalue weighted by molar-refractivity contribution is -0.120. The first-order valence-corrected chi connectivity index (χ1v) is 8.57. The van der Waals surface area contributed by atoms with Crippen LogP contribution in [0.2, 0.25) is 0 Å². The molecule has 1 atom stereocenters. The summed E-state index contributed by atoms with van der Waals surface area (Å²) in [4.78, 5) is 31.1. The number of anilines is 1. The fourth-order valence-electron chi connectivity index (χ4n) is 3.26. The van der Waals surface area contributed by atoms with Gasteiger partial charge in [-0.15, -0.1) is 0 Å². The number of imidazole rings is 1. The van der Waals surface area contributed by atoms with Crippen LogP contribution < -0.4 is 4.90 Å². The highest BCUT2D eigenvalue weighted by Crippen LogP contribution is 2.37. The van der Waals surface area contributed by atoms with E-state index in [0.717, 1.165) is 10.4 Å². The Morgan fingerprint density at radius 3 is 2.37 bits per heavy atom. The second kappa shape index (κ2) is 6.38. The number of fused-ring (bicyclic) bond motifs is 1. The number of rotatable bonds is 3. The highest BCUT2D eigenvalue weighted by Gasteiger charge is 2.43. The van der Waals surface area contributed by atoms with Crippen LogP contribution in [0.15, 0.2) is 65.2 Å². The summed E-state index contributed by atoms with van der Waals surface area (Å²) < 4.78 is 1.74. The first kappa shape index (κ1) is 17.0. The number of halogens is 1. The van der Waals surface area contributed by atoms with Gasteiger partial charge in [0.15, 0.2) is 0 Å². The summed E-state index contributed by atoms with van der Waals surface area (Å²) in [5, 5.41) is 9.54. The summed E-state index contributed by atoms with van der Waals surface area (Å²) >= 11 is 6.22. The predicted octanol–water partition coefficient (Wildman–Crippen LogP) is 3.25. The second-order valence-corrected chi connectivity index (χ2v) is 6.47. The number of para-hydroxylation sites is 3. The topological polar surface area (TPSA) is 79.0 Å². The van der Waals surface area contributed by atoms with E-state index in [1.165, 1.54) is 0 Å². The summed E-state index contributed by atoms with van der Waals surface area (Å²) in [5.74, 6) is -1.93. The number of benzene rings is 2. The van der Waals surface area contributed by atoms with Gasteiger partial charge in [0.2, 0.25) is 0 Å². The second-order valence-electron chi connectivity index (χ2n) is 6.09. The lowest BCUT2D eigenvalue weighted by Crippen LogP contribution is -2.32. The van der Waals surface area contributed by atoms with Gasteiger partial charge in [-0.25, -0.2) is 9.88 Å². The van der Waals surface area contributed by atoms with Gasteiger partial charge in [-0.3, -0.25) is 9.59 Å². The van der Waals surface area contributed by atoms with Crippen molar-refractivity contribution in [1.29, 1.82) is 5.26 Å². The quantitative estimate of drug-likeness (QED) is 0.657. The van der Waals surface area contributed by atoms with E-state index >= 15 is 0 Å². The maximum absolute atomic E-state index is 13.0. The standard InChI is InChI=1S/C20H13ClN4O2/c1-24-15-10-6-5-9-14(15)23-18(24)13(11-22)16-17(21)20(27)25(19(16)26)12-7-3-2-4-8-12/h2-10,13H,1H3/t13-/m0/s1. The largest absolute Gasteiger partial charge is 0.330 e. The number of imide groups is 1. The minimum Gasteiger partial charge on any atom is -0.330 e. The minimum absolute atomic E-state index is 0.0496. The number of nitrogens with zero attached hydrogens (tertiary/aromatic N) is 4. The van der Waals surface area contributed by atoms with E-state index in [0.29, 0.717) is 17.0 Å². The van der Waals surface area contributed by atoms with E-state index in [-0.39, 0.29) is 10.6 Å². The molecule has 4 rings (SSSR count). The third-order valence-corrected chi connectivity index (χ3v) is 4.94. The van der Waals surface area contributed by atoms with Gasteiger partial charge in [0.1, 0.15) is 16.8 Å². The van der Waals surface area contributed by atoms with Crippen molar-refractivity contribution in [3.8, 4) is 6.07 Å². The van der Waals surface area contributed by atoms with Crippen LogP contribution in [0.5, 0.6) is 0 Å². The van der Waals surface area contributed by atoms with E-state index in [2.05, 4.69) is 11.1 Å². The average Bonchev–Trinajstić information content (AvgIpc) is 3.13. The Morgan fingerprint density at radius 1 is 1.04 bits per heavy atom. The predicted molar refractivity (Wildman–Crippen MR) is 101 cm³/mol. The van der Waals surface area contributed by atoms with Gasteiger partial charge in [0.05, 0.1) is 28.4 Å². The Bertz CT molecular complexity index is 1160. The smallest absolute Gasteiger partial charge is 0.277 e. The van der Waals surface area contributed by atoms with Crippen molar-refractivity contribution in [2.45, 2.75) is 5.92 Å². The minimum atomic E-state index is -1.06. The fraction of sp³-hybridized carbons (Fsp3) is 0.100. The molecule has 0 saturated carbocycles. The van der Waals surface area contributed by atoms with Gasteiger partial charge in [-0.05, 0) is 24.3 Å². The van der Waals surface area contributed by atoms with Crippen LogP contribution in [0, 0.1) is 11.3 Å². The van der Waals surface area contributed by atoms with Gasteiger partial charge in [-0.2, -0.15) is 5.26 Å². The summed E-state index contributed by atoms with van der Waals surface area (Å²) in [7, 11) is 1.76. The number of amides is 2. The zero-order valence-corrected chi connectivity index (χ0v) is 15.0. The summed E-state index contributed by atoms with van der Waals surface area (Å²) in [6.07, 6.45) is 0. The summed E-state index contributed by atoms with van der Waals surface area (Å²) in [6.45, 7) is 0. The van der Waals surface area contributed by atoms with E-state index < -0.39 is 17.7 Å². The van der Waals surface area contributed by atoms with Gasteiger partial charge in [0.25, 0.3) is 11.8 Å². The van der Waals surface area contributed by atoms with Crippen molar-refractivity contribution < 1.29 is 9.59 Å². The van der Waals surface area contributed by atoms with Crippen LogP contribution in [0.25, 0.3) is 11.0 Å². The molecule has 3 aromatic rings. The van der Waals surface area contributed by atoms with Crippen LogP contribution in [0.3, 0.4) is 0 Å². The maximum atomic E-state index is 13.0. The van der Waals surface area contributed by atoms with E-state index in [9.17, 15) is 14.9 Å². The highest BCUT2D eigenvalue weighted by molar-refractivity contribution is 6.53. The Labute approximate surface area is 159 Å². The molecule has 6 nitrogen and oxygen atoms in total. The lowest BCUT2D eigenvalue weighted by atomic mass is 9.99. The van der Waals surface area contributed by atoms with Gasteiger partial charge in [-0.1, -0.05) is 41.9 Å². The van der Waals surface area contributed by atoms with Crippen molar-refractivity contribution in [1.82, 2.24) is 9.55 Å². The summed E-state index contributed by atoms with van der Waals surface area (Å²) in [6, 6.07) is 18.0. The third-order valence-electron chi connectivity index (χ3n) is 4.57. The molecule has 0 N–H and O–H groups in total. The molecule has 2 aromatic carbocycles. The van der Waals surface area contributed by atoms with Gasteiger partial charge in [0, 0.05) is 7.05 Å². The fourth-order valence-corrected chi connectivity index (χ4v) is 3.53. The molecule has 0 spiro atoms. The van der Waals surface area contributed by atoms with E-state index in [4.69, 9.17) is 11.6 Å². The molecule has 1 aliphatic heterocycles. The zero-order chi connectivity index (χ0) is 19.1. The molecule has 1 aliphatic rings. The number of carbonyl (C=O) groups excluding carboxylic acids is 2. The van der Waals surface area contributed by atoms with Crippen LogP contribution in [0.1, 0.15) is 11.7 Å². The maximum Gasteiger partial charge on any atom is 0.277 e. The lowest BCUT2D eigenvalue weighted by Gasteiger charge is -2.15. The molecular weight excluding hydrogens is 364 g/mol. The number of hydrogen-bond acceptors (Lipinski definition) is 4. The van der Waals surface area contributed by atoms with E-state index in [1.54, 1.807) is 41.9 Å². The van der Waals surface area contributed by atoms with Crippen molar-refractivity contribution >= 4 is 40.1 Å². The molecule has 132 valence electrons. The Morgan fingerprint density at radius 2 is 1.70 bits per heavy atom. The van der Waals surface area contributed by atoms with Gasteiger partial charge < -0.3 is 4.57 Å². The Hall–Kier alpha value is -3.43. The molecule has 1 aromatic heterocycles. The summed E-state index contributed by atoms with van der Waals surface area (Å²) in [5.41, 5.74) is 1.87. The number of aryl methyl sites for hydroxylation is 1. The number of nitriles is 1. The van der Waals surface area contributed by atoms with Crippen LogP contribution in [0.4, 0.5) is 5.69 Å². The van der Waals surface area contributed by atoms with E-state index in [1.807, 2.05) is 24.3 Å². The third kappa shape index (κ3) is 2.52. The highest BCUT2D eigenvalue weighted by atomic mass is 35.5. The molecule has 7 heteroatoms. The van der Waals surface area contributed by atoms with Crippen molar-refractivity contribution in [2.24, 2.45) is 7.05 Å². The average molecular weight is 377 g/mol. The first-order valence-electron chi connectivity index (χ1n) is 8.19. The number of hydrogen-bond donors (Lipinski definition) is 0. The SMILES string of the molecule is Cn1c([C@@H](C#N)C2=C(Cl)C(=O)N(c3ccccc3)C2=O)nc2ccccc21. The first-order chi connectivity index (χ1) is 13.0. The molecule has 0 bridgehead atoms. The normalized spacial score (nSPS) is 15.5. The Balaban J connectivity index is 1.83. The number of aromatic nitrogens is 2. The van der Waals surface area contributed by atoms with Crippen molar-refractivity contribution in [3.05, 3.63) is 71.0 Å². The molecule has 0 aliphatic carbocycles. The molecule has 0 saturated heterocycles. The monoisotopic (exact) mass is 376 g/mol. The van der Waals surface area contributed by atoms with Crippen LogP contribution >= 0.6 is 11.6 Å². The van der Waals surface area contributed by atoms with Crippen molar-refractivity contribution in [2.75, 3.05) is 4.90 Å². The molecule has 0 radical (unpaired) electrons. The molecular formula is C20H13ClN4O2. The molecule has 2 heterocycles. The molecule has 0 unspecified atom stereocenters. The van der Waals surface area contributed by atoms with Crippen LogP contribution in [-0.4, -0.2) is 21.4 Å². The number of carbonyl (C=O) groups is 2. The zero-order valence-electron chi connectivity index (χ0n) is 14.3. The van der Waals surface area contributed by atoms with Crippen molar-refractivity contribution in [3.63, 3.8) is 0 Å². The molecule has 0 fully saturated rings. The Kier molecular flexibility index (Phi) is 4.02. The molecule has 2 amide bonds. The van der Waals surface area contributed by atoms with Crippen LogP contribution in [-0.2, 0) is 16.6 Å². The van der Waals surface area contributed by atoms with Gasteiger partial charge >= 0.3 is 0 Å². The molecule has 27 heavy (non-hydrogen) atoms.